The number of nitrogens with zero attached hydrogens (tertiary/aromatic N) is 1. The molecule has 0 saturated carbocycles. The molecule has 4 aromatic rings. The molecule has 1 heterocycles. The van der Waals surface area contributed by atoms with E-state index < -0.39 is 32.4 Å². The molecule has 5 rings (SSSR count). The van der Waals surface area contributed by atoms with Gasteiger partial charge in [0.05, 0.1) is 37.1 Å². The van der Waals surface area contributed by atoms with E-state index in [0.29, 0.717) is 45.6 Å². The molecule has 4 aromatic carbocycles. The number of benzene rings is 4. The number of carbonyl (C=O) groups excluding carboxylic acids is 1. The van der Waals surface area contributed by atoms with Crippen LogP contribution in [0.15, 0.2) is 108 Å². The molecule has 13 heteroatoms. The highest BCUT2D eigenvalue weighted by atomic mass is 32.2. The lowest BCUT2D eigenvalue weighted by atomic mass is 10.0. The molecule has 2 atom stereocenters. The van der Waals surface area contributed by atoms with Crippen molar-refractivity contribution in [3.63, 3.8) is 0 Å². The summed E-state index contributed by atoms with van der Waals surface area (Å²) < 4.78 is 75.7. The lowest BCUT2D eigenvalue weighted by Gasteiger charge is -2.21. The summed E-state index contributed by atoms with van der Waals surface area (Å²) >= 11 is 0. The summed E-state index contributed by atoms with van der Waals surface area (Å²) in [7, 11) is -7.56. The van der Waals surface area contributed by atoms with Crippen LogP contribution in [0.3, 0.4) is 0 Å². The standard InChI is InChI=1S/C40H43NO10S2/c1-5-47-52(43,44)25-23-30-7-15-36(16-8-30)50-38-27-41(28-39(38)51-37-17-9-31(10-18-37)24-26-53(45,46)48-6-2)40(42)33-13-21-35(22-14-33)49-34-19-11-32(12-20-34)29(3)4/h7-26,29,38-39H,5-6,27-28H2,1-4H3/b25-23+,26-24+/t38-,39-/m1/s1. The van der Waals surface area contributed by atoms with Crippen LogP contribution in [-0.2, 0) is 28.6 Å². The lowest BCUT2D eigenvalue weighted by molar-refractivity contribution is 0.0771. The molecule has 0 bridgehead atoms. The minimum absolute atomic E-state index is 0.0386. The summed E-state index contributed by atoms with van der Waals surface area (Å²) in [4.78, 5) is 15.4. The Morgan fingerprint density at radius 2 is 1.04 bits per heavy atom. The molecule has 0 aromatic heterocycles. The highest BCUT2D eigenvalue weighted by Crippen LogP contribution is 2.28. The van der Waals surface area contributed by atoms with Gasteiger partial charge < -0.3 is 19.1 Å². The van der Waals surface area contributed by atoms with Gasteiger partial charge in [-0.1, -0.05) is 50.2 Å². The highest BCUT2D eigenvalue weighted by molar-refractivity contribution is 7.90. The predicted molar refractivity (Wildman–Crippen MR) is 204 cm³/mol. The molecule has 1 fully saturated rings. The molecular formula is C40H43NO10S2. The fourth-order valence-electron chi connectivity index (χ4n) is 5.44. The summed E-state index contributed by atoms with van der Waals surface area (Å²) in [6.45, 7) is 7.99. The Labute approximate surface area is 311 Å². The molecule has 0 N–H and O–H groups in total. The number of hydrogen-bond donors (Lipinski definition) is 0. The van der Waals surface area contributed by atoms with Gasteiger partial charge in [0.25, 0.3) is 26.1 Å². The van der Waals surface area contributed by atoms with Gasteiger partial charge in [-0.15, -0.1) is 0 Å². The second kappa shape index (κ2) is 17.7. The smallest absolute Gasteiger partial charge is 0.290 e. The Morgan fingerprint density at radius 3 is 1.43 bits per heavy atom. The molecular weight excluding hydrogens is 719 g/mol. The van der Waals surface area contributed by atoms with E-state index in [1.807, 2.05) is 24.3 Å². The van der Waals surface area contributed by atoms with E-state index in [4.69, 9.17) is 22.6 Å². The summed E-state index contributed by atoms with van der Waals surface area (Å²) in [5.41, 5.74) is 2.94. The molecule has 1 aliphatic rings. The number of hydrogen-bond acceptors (Lipinski definition) is 10. The van der Waals surface area contributed by atoms with Crippen LogP contribution in [0.2, 0.25) is 0 Å². The molecule has 53 heavy (non-hydrogen) atoms. The minimum Gasteiger partial charge on any atom is -0.485 e. The Bertz CT molecular complexity index is 1990. The van der Waals surface area contributed by atoms with Gasteiger partial charge in [0.15, 0.2) is 12.2 Å². The summed E-state index contributed by atoms with van der Waals surface area (Å²) in [6, 6.07) is 28.6. The van der Waals surface area contributed by atoms with Crippen molar-refractivity contribution >= 4 is 38.3 Å². The maximum absolute atomic E-state index is 13.7. The Morgan fingerprint density at radius 1 is 0.642 bits per heavy atom. The number of amides is 1. The minimum atomic E-state index is -3.78. The molecule has 1 aliphatic heterocycles. The van der Waals surface area contributed by atoms with Gasteiger partial charge in [-0.05, 0) is 109 Å². The van der Waals surface area contributed by atoms with Crippen LogP contribution in [0.5, 0.6) is 23.0 Å². The van der Waals surface area contributed by atoms with Crippen molar-refractivity contribution < 1.29 is 44.2 Å². The average molecular weight is 762 g/mol. The van der Waals surface area contributed by atoms with E-state index in [0.717, 1.165) is 10.8 Å². The second-order valence-electron chi connectivity index (χ2n) is 12.4. The first-order chi connectivity index (χ1) is 25.3. The van der Waals surface area contributed by atoms with Gasteiger partial charge in [-0.3, -0.25) is 13.2 Å². The zero-order valence-corrected chi connectivity index (χ0v) is 31.6. The molecule has 11 nitrogen and oxygen atoms in total. The molecule has 0 aliphatic carbocycles. The van der Waals surface area contributed by atoms with Crippen LogP contribution in [0.4, 0.5) is 0 Å². The number of ether oxygens (including phenoxy) is 3. The summed E-state index contributed by atoms with van der Waals surface area (Å²) in [5.74, 6) is 2.52. The van der Waals surface area contributed by atoms with Gasteiger partial charge in [0.1, 0.15) is 23.0 Å². The predicted octanol–water partition coefficient (Wildman–Crippen LogP) is 7.63. The van der Waals surface area contributed by atoms with Crippen molar-refractivity contribution in [2.75, 3.05) is 26.3 Å². The molecule has 0 spiro atoms. The monoisotopic (exact) mass is 761 g/mol. The zero-order chi connectivity index (χ0) is 38.0. The fraction of sp³-hybridized carbons (Fsp3) is 0.275. The van der Waals surface area contributed by atoms with Crippen molar-refractivity contribution in [2.24, 2.45) is 0 Å². The van der Waals surface area contributed by atoms with Crippen LogP contribution < -0.4 is 14.2 Å². The second-order valence-corrected chi connectivity index (χ2v) is 15.4. The third-order valence-corrected chi connectivity index (χ3v) is 10.2. The number of likely N-dealkylation sites (tertiary alicyclic amines) is 1. The quantitative estimate of drug-likeness (QED) is 0.105. The maximum Gasteiger partial charge on any atom is 0.290 e. The number of carbonyl (C=O) groups is 1. The molecule has 0 unspecified atom stereocenters. The van der Waals surface area contributed by atoms with Gasteiger partial charge in [-0.25, -0.2) is 0 Å². The Balaban J connectivity index is 1.30. The van der Waals surface area contributed by atoms with E-state index in [1.165, 1.54) is 17.7 Å². The summed E-state index contributed by atoms with van der Waals surface area (Å²) in [6.07, 6.45) is 1.73. The molecule has 1 amide bonds. The van der Waals surface area contributed by atoms with Gasteiger partial charge in [0.2, 0.25) is 0 Å². The SMILES string of the molecule is CCOS(=O)(=O)/C=C/c1ccc(O[C@@H]2CN(C(=O)c3ccc(Oc4ccc(C(C)C)cc4)cc3)C[C@H]2Oc2ccc(/C=C/S(=O)(=O)OCC)cc2)cc1. The van der Waals surface area contributed by atoms with Crippen LogP contribution in [0.1, 0.15) is 60.7 Å². The molecule has 1 saturated heterocycles. The third-order valence-electron chi connectivity index (χ3n) is 8.14. The summed E-state index contributed by atoms with van der Waals surface area (Å²) in [5, 5.41) is 2.00. The Kier molecular flexibility index (Phi) is 13.1. The normalized spacial score (nSPS) is 16.4. The van der Waals surface area contributed by atoms with Gasteiger partial charge in [0, 0.05) is 5.56 Å². The highest BCUT2D eigenvalue weighted by Gasteiger charge is 2.39. The van der Waals surface area contributed by atoms with Crippen molar-refractivity contribution in [3.05, 3.63) is 130 Å². The first kappa shape index (κ1) is 39.3. The van der Waals surface area contributed by atoms with Gasteiger partial charge >= 0.3 is 0 Å². The van der Waals surface area contributed by atoms with Crippen molar-refractivity contribution in [2.45, 2.75) is 45.8 Å². The largest absolute Gasteiger partial charge is 0.485 e. The maximum atomic E-state index is 13.7. The van der Waals surface area contributed by atoms with Crippen molar-refractivity contribution in [3.8, 4) is 23.0 Å². The molecule has 0 radical (unpaired) electrons. The van der Waals surface area contributed by atoms with E-state index in [9.17, 15) is 21.6 Å². The van der Waals surface area contributed by atoms with E-state index in [1.54, 1.807) is 91.5 Å². The van der Waals surface area contributed by atoms with E-state index >= 15 is 0 Å². The average Bonchev–Trinajstić information content (AvgIpc) is 3.53. The van der Waals surface area contributed by atoms with Crippen LogP contribution in [0.25, 0.3) is 12.2 Å². The van der Waals surface area contributed by atoms with Crippen LogP contribution >= 0.6 is 0 Å². The van der Waals surface area contributed by atoms with E-state index in [2.05, 4.69) is 13.8 Å². The third kappa shape index (κ3) is 11.5. The fourth-order valence-corrected chi connectivity index (χ4v) is 6.90. The lowest BCUT2D eigenvalue weighted by Crippen LogP contribution is -2.34. The Hall–Kier alpha value is -4.95. The van der Waals surface area contributed by atoms with Gasteiger partial charge in [-0.2, -0.15) is 16.8 Å². The van der Waals surface area contributed by atoms with Crippen molar-refractivity contribution in [1.29, 1.82) is 0 Å². The number of rotatable bonds is 16. The van der Waals surface area contributed by atoms with E-state index in [-0.39, 0.29) is 32.2 Å². The first-order valence-electron chi connectivity index (χ1n) is 17.2. The topological polar surface area (TPSA) is 135 Å². The van der Waals surface area contributed by atoms with Crippen LogP contribution in [-0.4, -0.2) is 66.2 Å². The zero-order valence-electron chi connectivity index (χ0n) is 30.0. The van der Waals surface area contributed by atoms with Crippen molar-refractivity contribution in [1.82, 2.24) is 4.90 Å². The first-order valence-corrected chi connectivity index (χ1v) is 20.1. The molecule has 280 valence electrons. The van der Waals surface area contributed by atoms with Crippen LogP contribution in [0, 0.1) is 0 Å².